The predicted octanol–water partition coefficient (Wildman–Crippen LogP) is 1.26. The van der Waals surface area contributed by atoms with E-state index in [4.69, 9.17) is 21.8 Å². The average molecular weight is 286 g/mol. The van der Waals surface area contributed by atoms with Gasteiger partial charge in [-0.1, -0.05) is 23.7 Å². The standard InChI is InChI=1S/C12H12ClNO5/c1-7-3-2-4-8(11(7)13)12(19)14(5-9(15)16)6-10(17)18/h2-4H,5-6H2,1H3,(H,15,16)(H,17,18). The Kier molecular flexibility index (Phi) is 4.88. The summed E-state index contributed by atoms with van der Waals surface area (Å²) in [5, 5.41) is 17.6. The predicted molar refractivity (Wildman–Crippen MR) is 67.4 cm³/mol. The molecule has 0 aliphatic rings. The lowest BCUT2D eigenvalue weighted by Crippen LogP contribution is -2.39. The van der Waals surface area contributed by atoms with E-state index in [-0.39, 0.29) is 10.6 Å². The van der Waals surface area contributed by atoms with Crippen molar-refractivity contribution < 1.29 is 24.6 Å². The van der Waals surface area contributed by atoms with Gasteiger partial charge in [-0.15, -0.1) is 0 Å². The highest BCUT2D eigenvalue weighted by Gasteiger charge is 2.23. The lowest BCUT2D eigenvalue weighted by molar-refractivity contribution is -0.140. The second-order valence-corrected chi connectivity index (χ2v) is 4.26. The summed E-state index contributed by atoms with van der Waals surface area (Å²) in [6.07, 6.45) is 0. The second-order valence-electron chi connectivity index (χ2n) is 3.89. The summed E-state index contributed by atoms with van der Waals surface area (Å²) in [4.78, 5) is 34.1. The molecule has 0 aromatic heterocycles. The molecule has 1 rings (SSSR count). The van der Waals surface area contributed by atoms with Gasteiger partial charge in [-0.3, -0.25) is 14.4 Å². The van der Waals surface area contributed by atoms with E-state index < -0.39 is 30.9 Å². The topological polar surface area (TPSA) is 94.9 Å². The number of carboxylic acids is 2. The maximum atomic E-state index is 12.1. The van der Waals surface area contributed by atoms with Gasteiger partial charge in [0.05, 0.1) is 10.6 Å². The van der Waals surface area contributed by atoms with E-state index in [1.165, 1.54) is 6.07 Å². The molecule has 0 fully saturated rings. The Morgan fingerprint density at radius 1 is 1.16 bits per heavy atom. The summed E-state index contributed by atoms with van der Waals surface area (Å²) < 4.78 is 0. The van der Waals surface area contributed by atoms with Crippen LogP contribution < -0.4 is 0 Å². The number of nitrogens with zero attached hydrogens (tertiary/aromatic N) is 1. The Balaban J connectivity index is 3.07. The van der Waals surface area contributed by atoms with E-state index in [9.17, 15) is 14.4 Å². The number of rotatable bonds is 5. The lowest BCUT2D eigenvalue weighted by Gasteiger charge is -2.19. The molecule has 0 heterocycles. The molecule has 102 valence electrons. The molecule has 0 spiro atoms. The Morgan fingerprint density at radius 3 is 2.16 bits per heavy atom. The lowest BCUT2D eigenvalue weighted by atomic mass is 10.1. The fraction of sp³-hybridized carbons (Fsp3) is 0.250. The van der Waals surface area contributed by atoms with Gasteiger partial charge in [0, 0.05) is 0 Å². The molecular formula is C12H12ClNO5. The molecule has 6 nitrogen and oxygen atoms in total. The van der Waals surface area contributed by atoms with E-state index in [2.05, 4.69) is 0 Å². The molecule has 7 heteroatoms. The molecule has 0 unspecified atom stereocenters. The van der Waals surface area contributed by atoms with Crippen molar-refractivity contribution in [1.29, 1.82) is 0 Å². The van der Waals surface area contributed by atoms with Gasteiger partial charge in [-0.05, 0) is 18.6 Å². The molecule has 0 radical (unpaired) electrons. The largest absolute Gasteiger partial charge is 0.480 e. The zero-order valence-corrected chi connectivity index (χ0v) is 10.8. The third-order valence-electron chi connectivity index (χ3n) is 2.36. The van der Waals surface area contributed by atoms with Gasteiger partial charge in [0.1, 0.15) is 13.1 Å². The van der Waals surface area contributed by atoms with Crippen molar-refractivity contribution in [2.75, 3.05) is 13.1 Å². The van der Waals surface area contributed by atoms with Crippen LogP contribution in [0.2, 0.25) is 5.02 Å². The zero-order chi connectivity index (χ0) is 14.6. The second kappa shape index (κ2) is 6.19. The van der Waals surface area contributed by atoms with Crippen LogP contribution in [-0.4, -0.2) is 46.0 Å². The first-order valence-corrected chi connectivity index (χ1v) is 5.68. The number of hydrogen-bond acceptors (Lipinski definition) is 3. The third-order valence-corrected chi connectivity index (χ3v) is 2.86. The van der Waals surface area contributed by atoms with E-state index in [1.807, 2.05) is 0 Å². The monoisotopic (exact) mass is 285 g/mol. The first-order valence-electron chi connectivity index (χ1n) is 5.31. The van der Waals surface area contributed by atoms with Crippen LogP contribution in [0.15, 0.2) is 18.2 Å². The highest BCUT2D eigenvalue weighted by atomic mass is 35.5. The number of carbonyl (C=O) groups is 3. The molecule has 0 saturated carbocycles. The number of aliphatic carboxylic acids is 2. The summed E-state index contributed by atoms with van der Waals surface area (Å²) >= 11 is 5.96. The zero-order valence-electron chi connectivity index (χ0n) is 10.1. The van der Waals surface area contributed by atoms with Gasteiger partial charge >= 0.3 is 11.9 Å². The Morgan fingerprint density at radius 2 is 1.68 bits per heavy atom. The minimum atomic E-state index is -1.29. The van der Waals surface area contributed by atoms with Gasteiger partial charge in [-0.25, -0.2) is 0 Å². The molecule has 0 saturated heterocycles. The van der Waals surface area contributed by atoms with Crippen molar-refractivity contribution in [1.82, 2.24) is 4.90 Å². The number of hydrogen-bond donors (Lipinski definition) is 2. The maximum Gasteiger partial charge on any atom is 0.323 e. The summed E-state index contributed by atoms with van der Waals surface area (Å²) in [5.41, 5.74) is 0.738. The van der Waals surface area contributed by atoms with Crippen LogP contribution in [-0.2, 0) is 9.59 Å². The molecule has 19 heavy (non-hydrogen) atoms. The van der Waals surface area contributed by atoms with E-state index in [1.54, 1.807) is 19.1 Å². The molecule has 0 bridgehead atoms. The fourth-order valence-corrected chi connectivity index (χ4v) is 1.72. The third kappa shape index (κ3) is 3.96. The van der Waals surface area contributed by atoms with Crippen LogP contribution in [0.25, 0.3) is 0 Å². The maximum absolute atomic E-state index is 12.1. The van der Waals surface area contributed by atoms with E-state index in [0.717, 1.165) is 0 Å². The van der Waals surface area contributed by atoms with Crippen molar-refractivity contribution in [2.24, 2.45) is 0 Å². The quantitative estimate of drug-likeness (QED) is 0.849. The Bertz CT molecular complexity index is 513. The first kappa shape index (κ1) is 15.0. The Hall–Kier alpha value is -2.08. The van der Waals surface area contributed by atoms with Gasteiger partial charge in [0.25, 0.3) is 5.91 Å². The SMILES string of the molecule is Cc1cccc(C(=O)N(CC(=O)O)CC(=O)O)c1Cl. The van der Waals surface area contributed by atoms with Crippen LogP contribution >= 0.6 is 11.6 Å². The van der Waals surface area contributed by atoms with Crippen molar-refractivity contribution in [3.63, 3.8) is 0 Å². The van der Waals surface area contributed by atoms with Gasteiger partial charge < -0.3 is 15.1 Å². The molecule has 2 N–H and O–H groups in total. The van der Waals surface area contributed by atoms with Crippen LogP contribution in [0.3, 0.4) is 0 Å². The number of benzene rings is 1. The van der Waals surface area contributed by atoms with Gasteiger partial charge in [0.2, 0.25) is 0 Å². The summed E-state index contributed by atoms with van der Waals surface area (Å²) in [7, 11) is 0. The normalized spacial score (nSPS) is 10.0. The van der Waals surface area contributed by atoms with Crippen molar-refractivity contribution in [2.45, 2.75) is 6.92 Å². The van der Waals surface area contributed by atoms with E-state index in [0.29, 0.717) is 10.5 Å². The van der Waals surface area contributed by atoms with Gasteiger partial charge in [0.15, 0.2) is 0 Å². The molecule has 0 aliphatic heterocycles. The van der Waals surface area contributed by atoms with Crippen LogP contribution in [0, 0.1) is 6.92 Å². The van der Waals surface area contributed by atoms with Crippen LogP contribution in [0.4, 0.5) is 0 Å². The molecule has 0 atom stereocenters. The highest BCUT2D eigenvalue weighted by molar-refractivity contribution is 6.34. The van der Waals surface area contributed by atoms with Crippen molar-refractivity contribution in [3.05, 3.63) is 34.3 Å². The highest BCUT2D eigenvalue weighted by Crippen LogP contribution is 2.21. The molecule has 1 aromatic carbocycles. The molecule has 1 aromatic rings. The molecule has 0 aliphatic carbocycles. The first-order chi connectivity index (χ1) is 8.82. The van der Waals surface area contributed by atoms with Crippen molar-refractivity contribution >= 4 is 29.4 Å². The number of halogens is 1. The number of carboxylic acid groups (broad SMARTS) is 2. The fourth-order valence-electron chi connectivity index (χ4n) is 1.51. The van der Waals surface area contributed by atoms with E-state index >= 15 is 0 Å². The minimum Gasteiger partial charge on any atom is -0.480 e. The summed E-state index contributed by atoms with van der Waals surface area (Å²) in [6, 6.07) is 4.71. The summed E-state index contributed by atoms with van der Waals surface area (Å²) in [6.45, 7) is 0.294. The molecule has 1 amide bonds. The van der Waals surface area contributed by atoms with Crippen LogP contribution in [0.1, 0.15) is 15.9 Å². The summed E-state index contributed by atoms with van der Waals surface area (Å²) in [5.74, 6) is -3.31. The van der Waals surface area contributed by atoms with Gasteiger partial charge in [-0.2, -0.15) is 0 Å². The minimum absolute atomic E-state index is 0.0872. The Labute approximate surface area is 114 Å². The van der Waals surface area contributed by atoms with Crippen LogP contribution in [0.5, 0.6) is 0 Å². The average Bonchev–Trinajstić information content (AvgIpc) is 2.30. The number of carbonyl (C=O) groups excluding carboxylic acids is 1. The molecular weight excluding hydrogens is 274 g/mol. The number of aryl methyl sites for hydroxylation is 1. The van der Waals surface area contributed by atoms with Crippen molar-refractivity contribution in [3.8, 4) is 0 Å². The smallest absolute Gasteiger partial charge is 0.323 e. The number of amides is 1.